The van der Waals surface area contributed by atoms with E-state index in [0.29, 0.717) is 24.0 Å². The van der Waals surface area contributed by atoms with Crippen LogP contribution in [0.2, 0.25) is 0 Å². The molecule has 1 unspecified atom stereocenters. The van der Waals surface area contributed by atoms with Crippen LogP contribution >= 0.6 is 0 Å². The second-order valence-corrected chi connectivity index (χ2v) is 6.00. The second-order valence-electron chi connectivity index (χ2n) is 6.00. The monoisotopic (exact) mass is 403 g/mol. The van der Waals surface area contributed by atoms with Crippen molar-refractivity contribution >= 4 is 12.2 Å². The fourth-order valence-electron chi connectivity index (χ4n) is 2.61. The van der Waals surface area contributed by atoms with Gasteiger partial charge in [0.25, 0.3) is 0 Å². The van der Waals surface area contributed by atoms with Crippen molar-refractivity contribution in [2.75, 3.05) is 0 Å². The molecule has 0 saturated carbocycles. The average Bonchev–Trinajstić information content (AvgIpc) is 2.63. The van der Waals surface area contributed by atoms with E-state index < -0.39 is 41.8 Å². The number of hydrogen-bond acceptors (Lipinski definition) is 2. The maximum absolute atomic E-state index is 12.9. The third kappa shape index (κ3) is 5.58. The predicted octanol–water partition coefficient (Wildman–Crippen LogP) is 4.71. The smallest absolute Gasteiger partial charge is 0.351 e. The zero-order chi connectivity index (χ0) is 20.9. The van der Waals surface area contributed by atoms with Crippen LogP contribution in [0.3, 0.4) is 0 Å². The summed E-state index contributed by atoms with van der Waals surface area (Å²) < 4.78 is 77.3. The van der Waals surface area contributed by atoms with Crippen molar-refractivity contribution in [1.82, 2.24) is 5.32 Å². The molecule has 0 spiro atoms. The first kappa shape index (κ1) is 21.5. The highest BCUT2D eigenvalue weighted by Crippen LogP contribution is 2.36. The number of nitrogens with one attached hydrogen (secondary N) is 1. The van der Waals surface area contributed by atoms with E-state index in [1.54, 1.807) is 30.3 Å². The van der Waals surface area contributed by atoms with Gasteiger partial charge in [0, 0.05) is 13.0 Å². The summed E-state index contributed by atoms with van der Waals surface area (Å²) in [6, 6.07) is 9.29. The van der Waals surface area contributed by atoms with Crippen molar-refractivity contribution in [1.29, 1.82) is 0 Å². The van der Waals surface area contributed by atoms with Crippen LogP contribution in [-0.4, -0.2) is 12.2 Å². The van der Waals surface area contributed by atoms with Gasteiger partial charge in [-0.3, -0.25) is 4.79 Å². The third-order valence-electron chi connectivity index (χ3n) is 3.96. The molecule has 0 aliphatic rings. The minimum atomic E-state index is -4.97. The van der Waals surface area contributed by atoms with Gasteiger partial charge in [-0.05, 0) is 29.3 Å². The summed E-state index contributed by atoms with van der Waals surface area (Å²) in [6.07, 6.45) is -9.59. The first-order valence-electron chi connectivity index (χ1n) is 8.07. The van der Waals surface area contributed by atoms with Crippen molar-refractivity contribution in [2.24, 2.45) is 0 Å². The standard InChI is InChI=1S/C19H15F6NO2/c20-18(21,22)14-8-12(9-15(10-14)19(23,24)25)11-26-17(28)16(6-7-27)13-4-2-1-3-5-13/h1-5,7-10,16H,6,11H2,(H,26,28). The summed E-state index contributed by atoms with van der Waals surface area (Å²) in [6.45, 7) is -0.548. The summed E-state index contributed by atoms with van der Waals surface area (Å²) in [5, 5.41) is 2.31. The molecular weight excluding hydrogens is 388 g/mol. The molecule has 9 heteroatoms. The van der Waals surface area contributed by atoms with Crippen LogP contribution in [0, 0.1) is 0 Å². The Hall–Kier alpha value is -2.84. The number of halogens is 6. The first-order valence-corrected chi connectivity index (χ1v) is 8.07. The molecule has 0 heterocycles. The zero-order valence-corrected chi connectivity index (χ0v) is 14.3. The molecule has 0 bridgehead atoms. The van der Waals surface area contributed by atoms with Crippen molar-refractivity contribution in [3.63, 3.8) is 0 Å². The van der Waals surface area contributed by atoms with E-state index in [1.165, 1.54) is 0 Å². The van der Waals surface area contributed by atoms with E-state index in [-0.39, 0.29) is 18.1 Å². The molecule has 0 aromatic heterocycles. The molecule has 0 aliphatic heterocycles. The predicted molar refractivity (Wildman–Crippen MR) is 88.2 cm³/mol. The number of benzene rings is 2. The van der Waals surface area contributed by atoms with Crippen molar-refractivity contribution in [3.8, 4) is 0 Å². The molecule has 0 fully saturated rings. The second kappa shape index (κ2) is 8.45. The Morgan fingerprint density at radius 2 is 1.46 bits per heavy atom. The number of aldehydes is 1. The molecule has 1 amide bonds. The van der Waals surface area contributed by atoms with Crippen LogP contribution in [0.1, 0.15) is 34.6 Å². The van der Waals surface area contributed by atoms with E-state index in [2.05, 4.69) is 5.32 Å². The molecule has 0 radical (unpaired) electrons. The van der Waals surface area contributed by atoms with E-state index in [9.17, 15) is 35.9 Å². The Kier molecular flexibility index (Phi) is 6.48. The number of carbonyl (C=O) groups is 2. The maximum Gasteiger partial charge on any atom is 0.416 e. The van der Waals surface area contributed by atoms with Gasteiger partial charge in [-0.15, -0.1) is 0 Å². The summed E-state index contributed by atoms with van der Waals surface area (Å²) in [4.78, 5) is 23.2. The highest BCUT2D eigenvalue weighted by molar-refractivity contribution is 5.85. The Morgan fingerprint density at radius 3 is 1.93 bits per heavy atom. The Bertz CT molecular complexity index is 798. The zero-order valence-electron chi connectivity index (χ0n) is 14.3. The normalized spacial score (nSPS) is 13.1. The van der Waals surface area contributed by atoms with Gasteiger partial charge in [0.2, 0.25) is 5.91 Å². The van der Waals surface area contributed by atoms with Gasteiger partial charge in [0.05, 0.1) is 17.0 Å². The van der Waals surface area contributed by atoms with Gasteiger partial charge in [0.15, 0.2) is 0 Å². The highest BCUT2D eigenvalue weighted by atomic mass is 19.4. The molecule has 2 rings (SSSR count). The SMILES string of the molecule is O=CCC(C(=O)NCc1cc(C(F)(F)F)cc(C(F)(F)F)c1)c1ccccc1. The number of hydrogen-bond donors (Lipinski definition) is 1. The number of amides is 1. The Balaban J connectivity index is 2.24. The highest BCUT2D eigenvalue weighted by Gasteiger charge is 2.36. The number of rotatable bonds is 6. The largest absolute Gasteiger partial charge is 0.416 e. The molecule has 3 nitrogen and oxygen atoms in total. The minimum Gasteiger partial charge on any atom is -0.351 e. The average molecular weight is 403 g/mol. The van der Waals surface area contributed by atoms with Gasteiger partial charge in [0.1, 0.15) is 6.29 Å². The molecular formula is C19H15F6NO2. The Labute approximate surface area is 156 Å². The van der Waals surface area contributed by atoms with Gasteiger partial charge in [-0.2, -0.15) is 26.3 Å². The van der Waals surface area contributed by atoms with Crippen molar-refractivity contribution < 1.29 is 35.9 Å². The van der Waals surface area contributed by atoms with E-state index >= 15 is 0 Å². The lowest BCUT2D eigenvalue weighted by atomic mass is 9.95. The molecule has 1 atom stereocenters. The first-order chi connectivity index (χ1) is 13.0. The van der Waals surface area contributed by atoms with Crippen LogP contribution in [-0.2, 0) is 28.5 Å². The maximum atomic E-state index is 12.9. The fourth-order valence-corrected chi connectivity index (χ4v) is 2.61. The van der Waals surface area contributed by atoms with Gasteiger partial charge in [-0.25, -0.2) is 0 Å². The topological polar surface area (TPSA) is 46.2 Å². The lowest BCUT2D eigenvalue weighted by Crippen LogP contribution is -2.29. The summed E-state index contributed by atoms with van der Waals surface area (Å²) in [5.74, 6) is -1.57. The van der Waals surface area contributed by atoms with Gasteiger partial charge in [-0.1, -0.05) is 30.3 Å². The number of carbonyl (C=O) groups excluding carboxylic acids is 2. The lowest BCUT2D eigenvalue weighted by Gasteiger charge is -2.17. The van der Waals surface area contributed by atoms with E-state index in [0.717, 1.165) is 0 Å². The molecule has 2 aromatic rings. The van der Waals surface area contributed by atoms with Gasteiger partial charge < -0.3 is 10.1 Å². The molecule has 1 N–H and O–H groups in total. The quantitative estimate of drug-likeness (QED) is 0.561. The summed E-state index contributed by atoms with van der Waals surface area (Å²) in [5.41, 5.74) is -2.77. The fraction of sp³-hybridized carbons (Fsp3) is 0.263. The third-order valence-corrected chi connectivity index (χ3v) is 3.96. The number of alkyl halides is 6. The van der Waals surface area contributed by atoms with Crippen LogP contribution in [0.25, 0.3) is 0 Å². The summed E-state index contributed by atoms with van der Waals surface area (Å²) >= 11 is 0. The molecule has 0 saturated heterocycles. The van der Waals surface area contributed by atoms with Crippen molar-refractivity contribution in [2.45, 2.75) is 31.2 Å². The van der Waals surface area contributed by atoms with Gasteiger partial charge >= 0.3 is 12.4 Å². The Morgan fingerprint density at radius 1 is 0.929 bits per heavy atom. The van der Waals surface area contributed by atoms with Crippen LogP contribution in [0.4, 0.5) is 26.3 Å². The van der Waals surface area contributed by atoms with Crippen LogP contribution in [0.15, 0.2) is 48.5 Å². The molecule has 0 aliphatic carbocycles. The molecule has 150 valence electrons. The van der Waals surface area contributed by atoms with Crippen LogP contribution in [0.5, 0.6) is 0 Å². The molecule has 28 heavy (non-hydrogen) atoms. The van der Waals surface area contributed by atoms with E-state index in [4.69, 9.17) is 0 Å². The van der Waals surface area contributed by atoms with Crippen LogP contribution < -0.4 is 5.32 Å². The minimum absolute atomic E-state index is 0.0183. The van der Waals surface area contributed by atoms with Crippen molar-refractivity contribution in [3.05, 3.63) is 70.8 Å². The lowest BCUT2D eigenvalue weighted by molar-refractivity contribution is -0.143. The summed E-state index contributed by atoms with van der Waals surface area (Å²) in [7, 11) is 0. The molecule has 2 aromatic carbocycles. The van der Waals surface area contributed by atoms with E-state index in [1.807, 2.05) is 0 Å².